The molecular formula is C16H14N4O2S2. The molecule has 8 heteroatoms. The summed E-state index contributed by atoms with van der Waals surface area (Å²) in [5.41, 5.74) is 0.269. The molecule has 0 fully saturated rings. The smallest absolute Gasteiger partial charge is 0.291 e. The van der Waals surface area contributed by atoms with Crippen molar-refractivity contribution in [2.45, 2.75) is 19.5 Å². The summed E-state index contributed by atoms with van der Waals surface area (Å²) >= 11 is 3.14. The fourth-order valence-electron chi connectivity index (χ4n) is 2.67. The van der Waals surface area contributed by atoms with Gasteiger partial charge in [0.05, 0.1) is 6.04 Å². The van der Waals surface area contributed by atoms with Gasteiger partial charge in [0.2, 0.25) is 5.91 Å². The lowest BCUT2D eigenvalue weighted by molar-refractivity contribution is -0.122. The Labute approximate surface area is 145 Å². The molecule has 1 atom stereocenters. The Hall–Kier alpha value is -2.45. The van der Waals surface area contributed by atoms with E-state index in [0.29, 0.717) is 5.52 Å². The van der Waals surface area contributed by atoms with Crippen LogP contribution in [0, 0.1) is 0 Å². The lowest BCUT2D eigenvalue weighted by atomic mass is 10.3. The van der Waals surface area contributed by atoms with Gasteiger partial charge in [0.25, 0.3) is 5.56 Å². The molecule has 0 saturated heterocycles. The van der Waals surface area contributed by atoms with E-state index in [1.807, 2.05) is 41.9 Å². The summed E-state index contributed by atoms with van der Waals surface area (Å²) in [6.07, 6.45) is 1.59. The molecule has 1 amide bonds. The summed E-state index contributed by atoms with van der Waals surface area (Å²) in [4.78, 5) is 26.8. The summed E-state index contributed by atoms with van der Waals surface area (Å²) in [6.45, 7) is 1.83. The molecule has 1 unspecified atom stereocenters. The third-order valence-corrected chi connectivity index (χ3v) is 5.83. The first-order chi connectivity index (χ1) is 11.6. The molecule has 122 valence electrons. The van der Waals surface area contributed by atoms with Crippen LogP contribution in [0.1, 0.15) is 17.8 Å². The normalized spacial score (nSPS) is 12.7. The van der Waals surface area contributed by atoms with E-state index < -0.39 is 0 Å². The quantitative estimate of drug-likeness (QED) is 0.610. The summed E-state index contributed by atoms with van der Waals surface area (Å²) in [5.74, 6) is -0.233. The number of fused-ring (bicyclic) bond motifs is 3. The lowest BCUT2D eigenvalue weighted by Crippen LogP contribution is -2.35. The Morgan fingerprint density at radius 2 is 2.21 bits per heavy atom. The van der Waals surface area contributed by atoms with Crippen molar-refractivity contribution in [2.24, 2.45) is 0 Å². The molecule has 1 N–H and O–H groups in total. The predicted molar refractivity (Wildman–Crippen MR) is 95.7 cm³/mol. The highest BCUT2D eigenvalue weighted by atomic mass is 32.1. The van der Waals surface area contributed by atoms with Gasteiger partial charge in [-0.1, -0.05) is 6.07 Å². The molecule has 4 aromatic heterocycles. The molecule has 0 radical (unpaired) electrons. The third kappa shape index (κ3) is 2.53. The molecule has 0 aliphatic heterocycles. The SMILES string of the molecule is CC(NC(=O)Cn1ncn2c(cc3ccsc32)c1=O)c1cccs1. The largest absolute Gasteiger partial charge is 0.347 e. The van der Waals surface area contributed by atoms with E-state index in [1.165, 1.54) is 4.68 Å². The van der Waals surface area contributed by atoms with Gasteiger partial charge >= 0.3 is 0 Å². The number of aromatic nitrogens is 3. The van der Waals surface area contributed by atoms with Gasteiger partial charge in [-0.05, 0) is 35.9 Å². The highest BCUT2D eigenvalue weighted by Crippen LogP contribution is 2.23. The van der Waals surface area contributed by atoms with E-state index in [1.54, 1.807) is 33.4 Å². The second-order valence-electron chi connectivity index (χ2n) is 5.48. The Balaban J connectivity index is 1.59. The van der Waals surface area contributed by atoms with Gasteiger partial charge in [0, 0.05) is 10.3 Å². The Kier molecular flexibility index (Phi) is 3.70. The van der Waals surface area contributed by atoms with Gasteiger partial charge in [-0.15, -0.1) is 22.7 Å². The molecule has 6 nitrogen and oxygen atoms in total. The van der Waals surface area contributed by atoms with Crippen LogP contribution in [0.2, 0.25) is 0 Å². The Bertz CT molecular complexity index is 1070. The molecule has 0 aliphatic carbocycles. The van der Waals surface area contributed by atoms with Crippen molar-refractivity contribution in [2.75, 3.05) is 0 Å². The zero-order valence-corrected chi connectivity index (χ0v) is 14.4. The zero-order chi connectivity index (χ0) is 16.7. The minimum Gasteiger partial charge on any atom is -0.347 e. The topological polar surface area (TPSA) is 68.4 Å². The van der Waals surface area contributed by atoms with E-state index in [9.17, 15) is 9.59 Å². The van der Waals surface area contributed by atoms with Gasteiger partial charge in [0.1, 0.15) is 23.2 Å². The van der Waals surface area contributed by atoms with Gasteiger partial charge in [-0.25, -0.2) is 4.68 Å². The average Bonchev–Trinajstić information content (AvgIpc) is 3.26. The average molecular weight is 358 g/mol. The van der Waals surface area contributed by atoms with Crippen molar-refractivity contribution in [1.82, 2.24) is 19.5 Å². The number of carbonyl (C=O) groups is 1. The van der Waals surface area contributed by atoms with Crippen molar-refractivity contribution < 1.29 is 4.79 Å². The molecular weight excluding hydrogens is 344 g/mol. The first-order valence-electron chi connectivity index (χ1n) is 7.40. The van der Waals surface area contributed by atoms with Crippen molar-refractivity contribution in [1.29, 1.82) is 0 Å². The van der Waals surface area contributed by atoms with Crippen LogP contribution >= 0.6 is 22.7 Å². The monoisotopic (exact) mass is 358 g/mol. The first kappa shape index (κ1) is 15.1. The van der Waals surface area contributed by atoms with Crippen LogP contribution in [0.4, 0.5) is 0 Å². The van der Waals surface area contributed by atoms with Gasteiger partial charge < -0.3 is 5.32 Å². The summed E-state index contributed by atoms with van der Waals surface area (Å²) in [5, 5.41) is 12.0. The maximum Gasteiger partial charge on any atom is 0.291 e. The van der Waals surface area contributed by atoms with E-state index >= 15 is 0 Å². The molecule has 0 bridgehead atoms. The fourth-order valence-corrected chi connectivity index (χ4v) is 4.27. The van der Waals surface area contributed by atoms with Crippen LogP contribution in [0.5, 0.6) is 0 Å². The number of hydrogen-bond donors (Lipinski definition) is 1. The maximum absolute atomic E-state index is 12.6. The molecule has 0 aromatic carbocycles. The number of nitrogens with one attached hydrogen (secondary N) is 1. The first-order valence-corrected chi connectivity index (χ1v) is 9.16. The number of nitrogens with zero attached hydrogens (tertiary/aromatic N) is 3. The second-order valence-corrected chi connectivity index (χ2v) is 7.35. The molecule has 4 aromatic rings. The molecule has 4 rings (SSSR count). The van der Waals surface area contributed by atoms with E-state index in [2.05, 4.69) is 10.4 Å². The molecule has 0 aliphatic rings. The number of hydrogen-bond acceptors (Lipinski definition) is 5. The minimum atomic E-state index is -0.264. The van der Waals surface area contributed by atoms with Crippen LogP contribution in [0.3, 0.4) is 0 Å². The van der Waals surface area contributed by atoms with Crippen molar-refractivity contribution in [3.05, 3.63) is 56.6 Å². The van der Waals surface area contributed by atoms with Crippen LogP contribution in [0.25, 0.3) is 15.7 Å². The van der Waals surface area contributed by atoms with Gasteiger partial charge in [-0.3, -0.25) is 14.0 Å². The summed E-state index contributed by atoms with van der Waals surface area (Å²) in [6, 6.07) is 7.63. The molecule has 0 saturated carbocycles. The van der Waals surface area contributed by atoms with Crippen LogP contribution < -0.4 is 10.9 Å². The number of carbonyl (C=O) groups excluding carboxylic acids is 1. The van der Waals surface area contributed by atoms with Crippen molar-refractivity contribution in [3.8, 4) is 0 Å². The van der Waals surface area contributed by atoms with E-state index in [0.717, 1.165) is 15.1 Å². The fraction of sp³-hybridized carbons (Fsp3) is 0.188. The van der Waals surface area contributed by atoms with Crippen LogP contribution in [-0.4, -0.2) is 20.1 Å². The minimum absolute atomic E-state index is 0.0874. The number of thiophene rings is 2. The number of rotatable bonds is 4. The van der Waals surface area contributed by atoms with Crippen molar-refractivity contribution >= 4 is 44.3 Å². The summed E-state index contributed by atoms with van der Waals surface area (Å²) in [7, 11) is 0. The second kappa shape index (κ2) is 5.88. The lowest BCUT2D eigenvalue weighted by Gasteiger charge is -2.12. The Morgan fingerprint density at radius 3 is 3.00 bits per heavy atom. The third-order valence-electron chi connectivity index (χ3n) is 3.85. The standard InChI is InChI=1S/C16H14N4O2S2/c1-10(13-3-2-5-23-13)18-14(21)8-20-15(22)12-7-11-4-6-24-16(11)19(12)9-17-20/h2-7,9-10H,8H2,1H3,(H,18,21). The van der Waals surface area contributed by atoms with Gasteiger partial charge in [-0.2, -0.15) is 5.10 Å². The summed E-state index contributed by atoms with van der Waals surface area (Å²) < 4.78 is 2.97. The maximum atomic E-state index is 12.6. The van der Waals surface area contributed by atoms with E-state index in [-0.39, 0.29) is 24.1 Å². The molecule has 24 heavy (non-hydrogen) atoms. The van der Waals surface area contributed by atoms with Crippen LogP contribution in [-0.2, 0) is 11.3 Å². The van der Waals surface area contributed by atoms with Crippen LogP contribution in [0.15, 0.2) is 46.1 Å². The highest BCUT2D eigenvalue weighted by molar-refractivity contribution is 7.16. The predicted octanol–water partition coefficient (Wildman–Crippen LogP) is 2.65. The number of amides is 1. The zero-order valence-electron chi connectivity index (χ0n) is 12.8. The van der Waals surface area contributed by atoms with Gasteiger partial charge in [0.15, 0.2) is 0 Å². The van der Waals surface area contributed by atoms with Crippen molar-refractivity contribution in [3.63, 3.8) is 0 Å². The Morgan fingerprint density at radius 1 is 1.33 bits per heavy atom. The molecule has 4 heterocycles. The van der Waals surface area contributed by atoms with E-state index in [4.69, 9.17) is 0 Å². The highest BCUT2D eigenvalue weighted by Gasteiger charge is 2.14. The molecule has 0 spiro atoms.